The molecule has 5 nitrogen and oxygen atoms in total. The SMILES string of the molecule is CC(C)(C)OC(=O)N1CCN(c2cnccc2C(F)(F)F)CC1. The van der Waals surface area contributed by atoms with E-state index in [1.807, 2.05) is 0 Å². The van der Waals surface area contributed by atoms with Gasteiger partial charge in [0.25, 0.3) is 0 Å². The predicted octanol–water partition coefficient (Wildman–Crippen LogP) is 3.16. The molecule has 1 aliphatic heterocycles. The van der Waals surface area contributed by atoms with Gasteiger partial charge in [-0.25, -0.2) is 4.79 Å². The number of rotatable bonds is 1. The Morgan fingerprint density at radius 1 is 1.17 bits per heavy atom. The van der Waals surface area contributed by atoms with Crippen molar-refractivity contribution >= 4 is 11.8 Å². The van der Waals surface area contributed by atoms with Gasteiger partial charge in [-0.15, -0.1) is 0 Å². The van der Waals surface area contributed by atoms with Gasteiger partial charge in [-0.2, -0.15) is 13.2 Å². The lowest BCUT2D eigenvalue weighted by molar-refractivity contribution is -0.137. The number of nitrogens with zero attached hydrogens (tertiary/aromatic N) is 3. The Balaban J connectivity index is 2.04. The zero-order valence-corrected chi connectivity index (χ0v) is 13.4. The van der Waals surface area contributed by atoms with E-state index in [1.165, 1.54) is 11.1 Å². The largest absolute Gasteiger partial charge is 0.444 e. The molecule has 1 saturated heterocycles. The highest BCUT2D eigenvalue weighted by molar-refractivity contribution is 5.68. The highest BCUT2D eigenvalue weighted by Gasteiger charge is 2.36. The first-order valence-electron chi connectivity index (χ1n) is 7.32. The van der Waals surface area contributed by atoms with E-state index >= 15 is 0 Å². The molecule has 1 aromatic rings. The van der Waals surface area contributed by atoms with Gasteiger partial charge in [-0.1, -0.05) is 0 Å². The second kappa shape index (κ2) is 6.25. The molecule has 0 radical (unpaired) electrons. The molecule has 0 saturated carbocycles. The summed E-state index contributed by atoms with van der Waals surface area (Å²) in [4.78, 5) is 18.9. The Kier molecular flexibility index (Phi) is 4.72. The summed E-state index contributed by atoms with van der Waals surface area (Å²) in [6, 6.07) is 0.968. The first kappa shape index (κ1) is 17.4. The first-order valence-corrected chi connectivity index (χ1v) is 7.32. The Morgan fingerprint density at radius 2 is 1.78 bits per heavy atom. The number of piperazine rings is 1. The number of anilines is 1. The zero-order valence-electron chi connectivity index (χ0n) is 13.4. The number of hydrogen-bond acceptors (Lipinski definition) is 4. The van der Waals surface area contributed by atoms with Crippen LogP contribution in [-0.2, 0) is 10.9 Å². The lowest BCUT2D eigenvalue weighted by Gasteiger charge is -2.37. The van der Waals surface area contributed by atoms with E-state index in [-0.39, 0.29) is 5.69 Å². The normalized spacial score (nSPS) is 16.4. The Bertz CT molecular complexity index is 562. The average molecular weight is 331 g/mol. The molecule has 128 valence electrons. The molecular formula is C15H20F3N3O2. The maximum atomic E-state index is 13.1. The molecule has 2 heterocycles. The van der Waals surface area contributed by atoms with Gasteiger partial charge in [0.2, 0.25) is 0 Å². The van der Waals surface area contributed by atoms with Crippen molar-refractivity contribution in [2.75, 3.05) is 31.1 Å². The molecule has 0 bridgehead atoms. The summed E-state index contributed by atoms with van der Waals surface area (Å²) >= 11 is 0. The van der Waals surface area contributed by atoms with E-state index in [0.717, 1.165) is 12.3 Å². The molecule has 0 unspecified atom stereocenters. The maximum Gasteiger partial charge on any atom is 0.418 e. The van der Waals surface area contributed by atoms with Crippen molar-refractivity contribution in [2.24, 2.45) is 0 Å². The number of pyridine rings is 1. The summed E-state index contributed by atoms with van der Waals surface area (Å²) < 4.78 is 44.4. The number of halogens is 3. The number of carbonyl (C=O) groups excluding carboxylic acids is 1. The van der Waals surface area contributed by atoms with E-state index in [4.69, 9.17) is 4.74 Å². The van der Waals surface area contributed by atoms with Gasteiger partial charge in [0, 0.05) is 32.4 Å². The van der Waals surface area contributed by atoms with Gasteiger partial charge in [-0.3, -0.25) is 4.98 Å². The topological polar surface area (TPSA) is 45.7 Å². The van der Waals surface area contributed by atoms with Crippen molar-refractivity contribution in [3.05, 3.63) is 24.0 Å². The molecule has 0 atom stereocenters. The quantitative estimate of drug-likeness (QED) is 0.793. The minimum atomic E-state index is -4.43. The van der Waals surface area contributed by atoms with Gasteiger partial charge in [0.1, 0.15) is 5.60 Å². The molecule has 2 rings (SSSR count). The summed E-state index contributed by atoms with van der Waals surface area (Å²) in [5.41, 5.74) is -1.26. The van der Waals surface area contributed by atoms with Crippen LogP contribution in [0.1, 0.15) is 26.3 Å². The highest BCUT2D eigenvalue weighted by Crippen LogP contribution is 2.36. The zero-order chi connectivity index (χ0) is 17.3. The van der Waals surface area contributed by atoms with Crippen LogP contribution in [0.25, 0.3) is 0 Å². The van der Waals surface area contributed by atoms with Crippen LogP contribution < -0.4 is 4.90 Å². The van der Waals surface area contributed by atoms with Crippen molar-refractivity contribution in [3.63, 3.8) is 0 Å². The summed E-state index contributed by atoms with van der Waals surface area (Å²) in [6.07, 6.45) is -2.53. The van der Waals surface area contributed by atoms with Crippen LogP contribution >= 0.6 is 0 Å². The van der Waals surface area contributed by atoms with Gasteiger partial charge in [-0.05, 0) is 26.8 Å². The number of carbonyl (C=O) groups is 1. The number of ether oxygens (including phenoxy) is 1. The van der Waals surface area contributed by atoms with Gasteiger partial charge >= 0.3 is 12.3 Å². The van der Waals surface area contributed by atoms with Gasteiger partial charge in [0.05, 0.1) is 17.4 Å². The number of amides is 1. The predicted molar refractivity (Wildman–Crippen MR) is 79.3 cm³/mol. The molecule has 8 heteroatoms. The van der Waals surface area contributed by atoms with E-state index in [0.29, 0.717) is 26.2 Å². The molecule has 1 aliphatic rings. The standard InChI is InChI=1S/C15H20F3N3O2/c1-14(2,3)23-13(22)21-8-6-20(7-9-21)12-10-19-5-4-11(12)15(16,17)18/h4-5,10H,6-9H2,1-3H3. The smallest absolute Gasteiger partial charge is 0.418 e. The fourth-order valence-electron chi connectivity index (χ4n) is 2.33. The third kappa shape index (κ3) is 4.49. The second-order valence-corrected chi connectivity index (χ2v) is 6.35. The van der Waals surface area contributed by atoms with Gasteiger partial charge in [0.15, 0.2) is 0 Å². The molecule has 0 N–H and O–H groups in total. The summed E-state index contributed by atoms with van der Waals surface area (Å²) in [7, 11) is 0. The average Bonchev–Trinajstić information content (AvgIpc) is 2.45. The number of aromatic nitrogens is 1. The molecule has 1 fully saturated rings. The van der Waals surface area contributed by atoms with Crippen molar-refractivity contribution in [3.8, 4) is 0 Å². The Hall–Kier alpha value is -1.99. The molecule has 0 spiro atoms. The van der Waals surface area contributed by atoms with Crippen LogP contribution in [0.15, 0.2) is 18.5 Å². The van der Waals surface area contributed by atoms with Crippen LogP contribution in [0.5, 0.6) is 0 Å². The molecule has 1 amide bonds. The Labute approximate surface area is 133 Å². The summed E-state index contributed by atoms with van der Waals surface area (Å²) in [6.45, 7) is 6.52. The van der Waals surface area contributed by atoms with E-state index < -0.39 is 23.4 Å². The highest BCUT2D eigenvalue weighted by atomic mass is 19.4. The first-order chi connectivity index (χ1) is 10.6. The number of alkyl halides is 3. The van der Waals surface area contributed by atoms with Crippen LogP contribution in [0.3, 0.4) is 0 Å². The van der Waals surface area contributed by atoms with Crippen molar-refractivity contribution < 1.29 is 22.7 Å². The summed E-state index contributed by atoms with van der Waals surface area (Å²) in [5, 5.41) is 0. The fourth-order valence-corrected chi connectivity index (χ4v) is 2.33. The second-order valence-electron chi connectivity index (χ2n) is 6.35. The van der Waals surface area contributed by atoms with E-state index in [2.05, 4.69) is 4.98 Å². The van der Waals surface area contributed by atoms with Crippen LogP contribution in [0, 0.1) is 0 Å². The third-order valence-corrected chi connectivity index (χ3v) is 3.38. The lowest BCUT2D eigenvalue weighted by Crippen LogP contribution is -2.50. The van der Waals surface area contributed by atoms with Crippen molar-refractivity contribution in [1.29, 1.82) is 0 Å². The lowest BCUT2D eigenvalue weighted by atomic mass is 10.2. The van der Waals surface area contributed by atoms with Crippen molar-refractivity contribution in [1.82, 2.24) is 9.88 Å². The van der Waals surface area contributed by atoms with Crippen LogP contribution in [-0.4, -0.2) is 47.8 Å². The van der Waals surface area contributed by atoms with Crippen LogP contribution in [0.2, 0.25) is 0 Å². The third-order valence-electron chi connectivity index (χ3n) is 3.38. The van der Waals surface area contributed by atoms with E-state index in [1.54, 1.807) is 25.7 Å². The minimum Gasteiger partial charge on any atom is -0.444 e. The fraction of sp³-hybridized carbons (Fsp3) is 0.600. The molecule has 1 aromatic heterocycles. The number of hydrogen-bond donors (Lipinski definition) is 0. The molecular weight excluding hydrogens is 311 g/mol. The minimum absolute atomic E-state index is 0.0452. The van der Waals surface area contributed by atoms with Crippen LogP contribution in [0.4, 0.5) is 23.7 Å². The van der Waals surface area contributed by atoms with E-state index in [9.17, 15) is 18.0 Å². The van der Waals surface area contributed by atoms with Crippen molar-refractivity contribution in [2.45, 2.75) is 32.5 Å². The summed E-state index contributed by atoms with van der Waals surface area (Å²) in [5.74, 6) is 0. The van der Waals surface area contributed by atoms with Gasteiger partial charge < -0.3 is 14.5 Å². The molecule has 0 aromatic carbocycles. The molecule has 0 aliphatic carbocycles. The Morgan fingerprint density at radius 3 is 2.30 bits per heavy atom. The molecule has 23 heavy (non-hydrogen) atoms. The maximum absolute atomic E-state index is 13.1. The monoisotopic (exact) mass is 331 g/mol.